The third-order valence-electron chi connectivity index (χ3n) is 4.16. The van der Waals surface area contributed by atoms with Crippen LogP contribution >= 0.6 is 0 Å². The summed E-state index contributed by atoms with van der Waals surface area (Å²) >= 11 is 0. The van der Waals surface area contributed by atoms with Crippen LogP contribution in [0.15, 0.2) is 30.6 Å². The highest BCUT2D eigenvalue weighted by molar-refractivity contribution is 6.05. The molecule has 0 saturated carbocycles. The Hall–Kier alpha value is -2.43. The van der Waals surface area contributed by atoms with Crippen molar-refractivity contribution < 1.29 is 4.79 Å². The average molecular weight is 310 g/mol. The van der Waals surface area contributed by atoms with Crippen molar-refractivity contribution in [3.8, 4) is 0 Å². The van der Waals surface area contributed by atoms with Crippen molar-refractivity contribution in [3.05, 3.63) is 47.3 Å². The van der Waals surface area contributed by atoms with Gasteiger partial charge < -0.3 is 10.2 Å². The third-order valence-corrected chi connectivity index (χ3v) is 4.16. The lowest BCUT2D eigenvalue weighted by atomic mass is 10.1. The van der Waals surface area contributed by atoms with Crippen LogP contribution in [0.5, 0.6) is 0 Å². The summed E-state index contributed by atoms with van der Waals surface area (Å²) in [7, 11) is 0. The number of carbonyl (C=O) groups excluding carboxylic acids is 1. The molecule has 23 heavy (non-hydrogen) atoms. The van der Waals surface area contributed by atoms with E-state index in [0.717, 1.165) is 30.2 Å². The molecule has 0 atom stereocenters. The zero-order valence-corrected chi connectivity index (χ0v) is 13.7. The second-order valence-electron chi connectivity index (χ2n) is 6.09. The number of hydrogen-bond acceptors (Lipinski definition) is 4. The number of amides is 1. The number of carbonyl (C=O) groups is 1. The van der Waals surface area contributed by atoms with Gasteiger partial charge in [-0.2, -0.15) is 0 Å². The molecule has 5 heteroatoms. The topological polar surface area (TPSA) is 58.1 Å². The lowest BCUT2D eigenvalue weighted by Crippen LogP contribution is -2.30. The number of aryl methyl sites for hydroxylation is 2. The van der Waals surface area contributed by atoms with Gasteiger partial charge in [-0.1, -0.05) is 17.7 Å². The second kappa shape index (κ2) is 6.77. The van der Waals surface area contributed by atoms with Crippen LogP contribution in [0.4, 0.5) is 11.6 Å². The van der Waals surface area contributed by atoms with Crippen LogP contribution in [-0.2, 0) is 0 Å². The van der Waals surface area contributed by atoms with Crippen molar-refractivity contribution in [2.75, 3.05) is 23.3 Å². The van der Waals surface area contributed by atoms with Gasteiger partial charge in [-0.3, -0.25) is 4.79 Å². The standard InChI is InChI=1S/C18H22N4O/c1-13-6-7-16(14(2)10-13)17(23)21-15-11-19-18(20-12-15)22-8-4-3-5-9-22/h6-7,10-12H,3-5,8-9H2,1-2H3,(H,21,23). The molecule has 0 bridgehead atoms. The Balaban J connectivity index is 1.69. The molecule has 2 aromatic rings. The van der Waals surface area contributed by atoms with Crippen LogP contribution in [0.25, 0.3) is 0 Å². The number of nitrogens with zero attached hydrogens (tertiary/aromatic N) is 3. The Bertz CT molecular complexity index is 691. The summed E-state index contributed by atoms with van der Waals surface area (Å²) in [5.41, 5.74) is 3.41. The maximum absolute atomic E-state index is 12.4. The van der Waals surface area contributed by atoms with E-state index in [0.29, 0.717) is 11.3 Å². The van der Waals surface area contributed by atoms with Crippen LogP contribution < -0.4 is 10.2 Å². The molecule has 1 aromatic carbocycles. The predicted octanol–water partition coefficient (Wildman–Crippen LogP) is 3.34. The molecule has 1 saturated heterocycles. The molecule has 1 amide bonds. The third kappa shape index (κ3) is 3.67. The average Bonchev–Trinajstić information content (AvgIpc) is 2.56. The highest BCUT2D eigenvalue weighted by atomic mass is 16.1. The largest absolute Gasteiger partial charge is 0.341 e. The molecule has 1 aliphatic rings. The Labute approximate surface area is 136 Å². The van der Waals surface area contributed by atoms with Crippen LogP contribution in [0.2, 0.25) is 0 Å². The summed E-state index contributed by atoms with van der Waals surface area (Å²) in [4.78, 5) is 23.3. The molecule has 1 N–H and O–H groups in total. The van der Waals surface area contributed by atoms with Gasteiger partial charge in [0, 0.05) is 18.7 Å². The van der Waals surface area contributed by atoms with E-state index in [4.69, 9.17) is 0 Å². The Kier molecular flexibility index (Phi) is 4.55. The summed E-state index contributed by atoms with van der Waals surface area (Å²) in [6.07, 6.45) is 7.01. The first-order valence-electron chi connectivity index (χ1n) is 8.09. The number of hydrogen-bond donors (Lipinski definition) is 1. The highest BCUT2D eigenvalue weighted by Gasteiger charge is 2.14. The maximum Gasteiger partial charge on any atom is 0.256 e. The van der Waals surface area contributed by atoms with E-state index in [1.54, 1.807) is 12.4 Å². The van der Waals surface area contributed by atoms with E-state index in [9.17, 15) is 4.79 Å². The highest BCUT2D eigenvalue weighted by Crippen LogP contribution is 2.17. The molecule has 0 radical (unpaired) electrons. The minimum absolute atomic E-state index is 0.128. The van der Waals surface area contributed by atoms with Gasteiger partial charge >= 0.3 is 0 Å². The predicted molar refractivity (Wildman–Crippen MR) is 92.0 cm³/mol. The van der Waals surface area contributed by atoms with E-state index in [1.807, 2.05) is 32.0 Å². The Morgan fingerprint density at radius 2 is 1.78 bits per heavy atom. The van der Waals surface area contributed by atoms with Crippen molar-refractivity contribution in [2.45, 2.75) is 33.1 Å². The molecule has 1 fully saturated rings. The summed E-state index contributed by atoms with van der Waals surface area (Å²) in [5.74, 6) is 0.617. The van der Waals surface area contributed by atoms with Gasteiger partial charge in [0.15, 0.2) is 0 Å². The van der Waals surface area contributed by atoms with Gasteiger partial charge in [0.05, 0.1) is 18.1 Å². The first-order chi connectivity index (χ1) is 11.1. The van der Waals surface area contributed by atoms with Crippen molar-refractivity contribution in [1.82, 2.24) is 9.97 Å². The molecule has 0 unspecified atom stereocenters. The SMILES string of the molecule is Cc1ccc(C(=O)Nc2cnc(N3CCCCC3)nc2)c(C)c1. The van der Waals surface area contributed by atoms with E-state index in [-0.39, 0.29) is 5.91 Å². The molecule has 0 spiro atoms. The fraction of sp³-hybridized carbons (Fsp3) is 0.389. The maximum atomic E-state index is 12.4. The zero-order chi connectivity index (χ0) is 16.2. The van der Waals surface area contributed by atoms with Gasteiger partial charge in [0.2, 0.25) is 5.95 Å². The first kappa shape index (κ1) is 15.5. The molecule has 1 aromatic heterocycles. The first-order valence-corrected chi connectivity index (χ1v) is 8.09. The van der Waals surface area contributed by atoms with Gasteiger partial charge in [0.25, 0.3) is 5.91 Å². The molecule has 3 rings (SSSR count). The number of anilines is 2. The van der Waals surface area contributed by atoms with Crippen LogP contribution in [0.1, 0.15) is 40.7 Å². The Morgan fingerprint density at radius 1 is 1.09 bits per heavy atom. The minimum Gasteiger partial charge on any atom is -0.341 e. The van der Waals surface area contributed by atoms with E-state index in [2.05, 4.69) is 20.2 Å². The summed E-state index contributed by atoms with van der Waals surface area (Å²) in [6.45, 7) is 5.97. The van der Waals surface area contributed by atoms with Crippen LogP contribution in [0, 0.1) is 13.8 Å². The summed E-state index contributed by atoms with van der Waals surface area (Å²) in [5, 5.41) is 2.87. The van der Waals surface area contributed by atoms with Gasteiger partial charge in [-0.25, -0.2) is 9.97 Å². The quantitative estimate of drug-likeness (QED) is 0.944. The lowest BCUT2D eigenvalue weighted by molar-refractivity contribution is 0.102. The molecule has 0 aliphatic carbocycles. The monoisotopic (exact) mass is 310 g/mol. The molecule has 120 valence electrons. The fourth-order valence-electron chi connectivity index (χ4n) is 2.91. The van der Waals surface area contributed by atoms with E-state index >= 15 is 0 Å². The van der Waals surface area contributed by atoms with Crippen molar-refractivity contribution in [1.29, 1.82) is 0 Å². The minimum atomic E-state index is -0.128. The van der Waals surface area contributed by atoms with Crippen molar-refractivity contribution in [3.63, 3.8) is 0 Å². The summed E-state index contributed by atoms with van der Waals surface area (Å²) in [6, 6.07) is 5.80. The molecule has 1 aliphatic heterocycles. The van der Waals surface area contributed by atoms with Crippen LogP contribution in [0.3, 0.4) is 0 Å². The number of benzene rings is 1. The Morgan fingerprint density at radius 3 is 2.43 bits per heavy atom. The number of rotatable bonds is 3. The fourth-order valence-corrected chi connectivity index (χ4v) is 2.91. The molecular weight excluding hydrogens is 288 g/mol. The van der Waals surface area contributed by atoms with Crippen molar-refractivity contribution in [2.24, 2.45) is 0 Å². The lowest BCUT2D eigenvalue weighted by Gasteiger charge is -2.26. The molecule has 2 heterocycles. The number of aromatic nitrogens is 2. The van der Waals surface area contributed by atoms with E-state index < -0.39 is 0 Å². The van der Waals surface area contributed by atoms with Gasteiger partial charge in [-0.15, -0.1) is 0 Å². The molecular formula is C18H22N4O. The van der Waals surface area contributed by atoms with Gasteiger partial charge in [-0.05, 0) is 44.7 Å². The van der Waals surface area contributed by atoms with Gasteiger partial charge in [0.1, 0.15) is 0 Å². The molecule has 5 nitrogen and oxygen atoms in total. The smallest absolute Gasteiger partial charge is 0.256 e. The normalized spacial score (nSPS) is 14.6. The van der Waals surface area contributed by atoms with Crippen LogP contribution in [-0.4, -0.2) is 29.0 Å². The number of nitrogens with one attached hydrogen (secondary N) is 1. The van der Waals surface area contributed by atoms with E-state index in [1.165, 1.54) is 19.3 Å². The number of piperidine rings is 1. The summed E-state index contributed by atoms with van der Waals surface area (Å²) < 4.78 is 0. The van der Waals surface area contributed by atoms with Crippen molar-refractivity contribution >= 4 is 17.5 Å². The zero-order valence-electron chi connectivity index (χ0n) is 13.7. The second-order valence-corrected chi connectivity index (χ2v) is 6.09.